The van der Waals surface area contributed by atoms with E-state index in [2.05, 4.69) is 20.6 Å². The van der Waals surface area contributed by atoms with E-state index in [0.29, 0.717) is 10.6 Å². The normalized spacial score (nSPS) is 12.0. The van der Waals surface area contributed by atoms with Crippen LogP contribution in [0.15, 0.2) is 60.8 Å². The van der Waals surface area contributed by atoms with E-state index < -0.39 is 0 Å². The zero-order chi connectivity index (χ0) is 22.0. The molecule has 4 rings (SSSR count). The molecule has 0 saturated heterocycles. The standard InChI is InChI=1S/C23H24N6OS/c1-15-9-11-18(12-10-15)22-26-27-23(31)28(22)14-21(30)25-16(2)20-13-24-29(17(20)3)19-7-5-4-6-8-19/h4-13,16H,14H2,1-3H3,(H,25,30)(H,27,31). The summed E-state index contributed by atoms with van der Waals surface area (Å²) in [6.07, 6.45) is 1.80. The Hall–Kier alpha value is -3.52. The highest BCUT2D eigenvalue weighted by molar-refractivity contribution is 7.71. The van der Waals surface area contributed by atoms with Crippen LogP contribution in [0.5, 0.6) is 0 Å². The highest BCUT2D eigenvalue weighted by Gasteiger charge is 2.18. The van der Waals surface area contributed by atoms with E-state index in [-0.39, 0.29) is 18.5 Å². The number of aromatic nitrogens is 5. The summed E-state index contributed by atoms with van der Waals surface area (Å²) in [5.41, 5.74) is 4.99. The number of hydrogen-bond acceptors (Lipinski definition) is 4. The number of carbonyl (C=O) groups is 1. The molecule has 158 valence electrons. The summed E-state index contributed by atoms with van der Waals surface area (Å²) in [6, 6.07) is 17.7. The molecular formula is C23H24N6OS. The fourth-order valence-electron chi connectivity index (χ4n) is 3.57. The molecule has 0 aliphatic carbocycles. The van der Waals surface area contributed by atoms with Gasteiger partial charge in [0.15, 0.2) is 10.6 Å². The molecule has 0 bridgehead atoms. The number of rotatable bonds is 6. The Labute approximate surface area is 185 Å². The minimum absolute atomic E-state index is 0.0781. The van der Waals surface area contributed by atoms with E-state index >= 15 is 0 Å². The van der Waals surface area contributed by atoms with Crippen LogP contribution < -0.4 is 5.32 Å². The second-order valence-electron chi connectivity index (χ2n) is 7.53. The highest BCUT2D eigenvalue weighted by Crippen LogP contribution is 2.21. The molecule has 0 saturated carbocycles. The quantitative estimate of drug-likeness (QED) is 0.446. The molecule has 0 aliphatic heterocycles. The van der Waals surface area contributed by atoms with Crippen molar-refractivity contribution in [1.29, 1.82) is 0 Å². The fraction of sp³-hybridized carbons (Fsp3) is 0.217. The second kappa shape index (κ2) is 8.69. The van der Waals surface area contributed by atoms with Crippen LogP contribution in [0, 0.1) is 18.6 Å². The third-order valence-corrected chi connectivity index (χ3v) is 5.57. The van der Waals surface area contributed by atoms with Crippen LogP contribution >= 0.6 is 12.2 Å². The molecule has 0 radical (unpaired) electrons. The molecule has 8 heteroatoms. The molecule has 0 spiro atoms. The first-order valence-corrected chi connectivity index (χ1v) is 10.5. The Balaban J connectivity index is 1.50. The number of aryl methyl sites for hydroxylation is 1. The largest absolute Gasteiger partial charge is 0.348 e. The van der Waals surface area contributed by atoms with Crippen LogP contribution in [0.25, 0.3) is 17.1 Å². The van der Waals surface area contributed by atoms with E-state index in [1.54, 1.807) is 10.8 Å². The summed E-state index contributed by atoms with van der Waals surface area (Å²) in [6.45, 7) is 6.05. The lowest BCUT2D eigenvalue weighted by molar-refractivity contribution is -0.122. The molecule has 2 N–H and O–H groups in total. The van der Waals surface area contributed by atoms with E-state index in [9.17, 15) is 4.79 Å². The van der Waals surface area contributed by atoms with E-state index in [1.165, 1.54) is 0 Å². The summed E-state index contributed by atoms with van der Waals surface area (Å²) < 4.78 is 3.99. The van der Waals surface area contributed by atoms with Crippen molar-refractivity contribution in [3.63, 3.8) is 0 Å². The number of nitrogens with one attached hydrogen (secondary N) is 2. The summed E-state index contributed by atoms with van der Waals surface area (Å²) in [7, 11) is 0. The van der Waals surface area contributed by atoms with Crippen LogP contribution in [-0.4, -0.2) is 30.5 Å². The topological polar surface area (TPSA) is 80.5 Å². The average molecular weight is 433 g/mol. The van der Waals surface area contributed by atoms with Crippen molar-refractivity contribution in [3.8, 4) is 17.1 Å². The molecule has 1 amide bonds. The summed E-state index contributed by atoms with van der Waals surface area (Å²) in [5.74, 6) is 0.492. The Morgan fingerprint density at radius 2 is 1.84 bits per heavy atom. The van der Waals surface area contributed by atoms with Gasteiger partial charge < -0.3 is 5.32 Å². The molecule has 1 unspecified atom stereocenters. The smallest absolute Gasteiger partial charge is 0.240 e. The van der Waals surface area contributed by atoms with Crippen molar-refractivity contribution in [1.82, 2.24) is 29.9 Å². The fourth-order valence-corrected chi connectivity index (χ4v) is 3.77. The van der Waals surface area contributed by atoms with Crippen LogP contribution in [0.4, 0.5) is 0 Å². The van der Waals surface area contributed by atoms with E-state index in [0.717, 1.165) is 28.1 Å². The van der Waals surface area contributed by atoms with Gasteiger partial charge in [0.1, 0.15) is 6.54 Å². The average Bonchev–Trinajstić information content (AvgIpc) is 3.32. The summed E-state index contributed by atoms with van der Waals surface area (Å²) >= 11 is 5.35. The molecule has 7 nitrogen and oxygen atoms in total. The number of amides is 1. The number of aromatic amines is 1. The number of para-hydroxylation sites is 1. The molecule has 0 aliphatic rings. The maximum Gasteiger partial charge on any atom is 0.240 e. The second-order valence-corrected chi connectivity index (χ2v) is 7.91. The number of hydrogen-bond donors (Lipinski definition) is 2. The van der Waals surface area contributed by atoms with Crippen molar-refractivity contribution < 1.29 is 4.79 Å². The third kappa shape index (κ3) is 4.34. The third-order valence-electron chi connectivity index (χ3n) is 5.26. The monoisotopic (exact) mass is 432 g/mol. The maximum atomic E-state index is 12.8. The van der Waals surface area contributed by atoms with Crippen molar-refractivity contribution in [3.05, 3.63) is 82.4 Å². The number of benzene rings is 2. The van der Waals surface area contributed by atoms with Crippen LogP contribution in [0.2, 0.25) is 0 Å². The van der Waals surface area contributed by atoms with Gasteiger partial charge in [-0.05, 0) is 45.1 Å². The van der Waals surface area contributed by atoms with E-state index in [4.69, 9.17) is 12.2 Å². The summed E-state index contributed by atoms with van der Waals surface area (Å²) in [4.78, 5) is 12.8. The highest BCUT2D eigenvalue weighted by atomic mass is 32.1. The van der Waals surface area contributed by atoms with Gasteiger partial charge in [0.25, 0.3) is 0 Å². The summed E-state index contributed by atoms with van der Waals surface area (Å²) in [5, 5.41) is 14.7. The first-order chi connectivity index (χ1) is 14.9. The Kier molecular flexibility index (Phi) is 5.81. The first kappa shape index (κ1) is 20.7. The molecule has 4 aromatic rings. The van der Waals surface area contributed by atoms with Crippen molar-refractivity contribution in [2.75, 3.05) is 0 Å². The zero-order valence-corrected chi connectivity index (χ0v) is 18.5. The lowest BCUT2D eigenvalue weighted by Gasteiger charge is -2.15. The van der Waals surface area contributed by atoms with Crippen molar-refractivity contribution in [2.45, 2.75) is 33.4 Å². The zero-order valence-electron chi connectivity index (χ0n) is 17.7. The van der Waals surface area contributed by atoms with Gasteiger partial charge in [0.05, 0.1) is 17.9 Å². The number of nitrogens with zero attached hydrogens (tertiary/aromatic N) is 4. The lowest BCUT2D eigenvalue weighted by atomic mass is 10.1. The predicted molar refractivity (Wildman–Crippen MR) is 122 cm³/mol. The SMILES string of the molecule is Cc1ccc(-c2n[nH]c(=S)n2CC(=O)NC(C)c2cnn(-c3ccccc3)c2C)cc1. The van der Waals surface area contributed by atoms with Crippen LogP contribution in [0.1, 0.15) is 29.8 Å². The molecular weight excluding hydrogens is 408 g/mol. The lowest BCUT2D eigenvalue weighted by Crippen LogP contribution is -2.30. The van der Waals surface area contributed by atoms with E-state index in [1.807, 2.05) is 80.1 Å². The minimum Gasteiger partial charge on any atom is -0.348 e. The molecule has 1 atom stereocenters. The van der Waals surface area contributed by atoms with Crippen molar-refractivity contribution in [2.24, 2.45) is 0 Å². The van der Waals surface area contributed by atoms with Gasteiger partial charge in [-0.3, -0.25) is 14.5 Å². The minimum atomic E-state index is -0.200. The van der Waals surface area contributed by atoms with Crippen LogP contribution in [-0.2, 0) is 11.3 Å². The molecule has 0 fully saturated rings. The predicted octanol–water partition coefficient (Wildman–Crippen LogP) is 4.29. The van der Waals surface area contributed by atoms with Gasteiger partial charge in [-0.15, -0.1) is 0 Å². The molecule has 2 heterocycles. The molecule has 2 aromatic carbocycles. The number of H-pyrrole nitrogens is 1. The maximum absolute atomic E-state index is 12.8. The Morgan fingerprint density at radius 3 is 2.55 bits per heavy atom. The number of carbonyl (C=O) groups excluding carboxylic acids is 1. The molecule has 31 heavy (non-hydrogen) atoms. The Morgan fingerprint density at radius 1 is 1.13 bits per heavy atom. The molecule has 2 aromatic heterocycles. The van der Waals surface area contributed by atoms with Gasteiger partial charge >= 0.3 is 0 Å². The van der Waals surface area contributed by atoms with Gasteiger partial charge in [-0.1, -0.05) is 48.0 Å². The van der Waals surface area contributed by atoms with Gasteiger partial charge in [0, 0.05) is 16.8 Å². The van der Waals surface area contributed by atoms with Gasteiger partial charge in [0.2, 0.25) is 5.91 Å². The Bertz CT molecular complexity index is 1250. The van der Waals surface area contributed by atoms with Crippen LogP contribution in [0.3, 0.4) is 0 Å². The van der Waals surface area contributed by atoms with Gasteiger partial charge in [-0.2, -0.15) is 10.2 Å². The van der Waals surface area contributed by atoms with Crippen molar-refractivity contribution >= 4 is 18.1 Å². The first-order valence-electron chi connectivity index (χ1n) is 10.1. The van der Waals surface area contributed by atoms with Gasteiger partial charge in [-0.25, -0.2) is 4.68 Å².